The van der Waals surface area contributed by atoms with Gasteiger partial charge in [-0.2, -0.15) is 0 Å². The van der Waals surface area contributed by atoms with Gasteiger partial charge in [-0.05, 0) is 0 Å². The number of halogens is 2. The van der Waals surface area contributed by atoms with E-state index in [4.69, 9.17) is 20.2 Å². The molecule has 0 aromatic heterocycles. The van der Waals surface area contributed by atoms with E-state index in [1.807, 2.05) is 30.3 Å². The van der Waals surface area contributed by atoms with Gasteiger partial charge in [0.15, 0.2) is 0 Å². The summed E-state index contributed by atoms with van der Waals surface area (Å²) in [5, 5.41) is 0. The van der Waals surface area contributed by atoms with E-state index < -0.39 is 12.1 Å². The predicted molar refractivity (Wildman–Crippen MR) is 43.5 cm³/mol. The first-order valence-electron chi connectivity index (χ1n) is 2.42. The Hall–Kier alpha value is 0.319. The molecule has 1 aromatic rings. The van der Waals surface area contributed by atoms with Crippen LogP contribution in [0.1, 0.15) is 0 Å². The third-order valence-corrected chi connectivity index (χ3v) is 4.09. The fraction of sp³-hybridized carbons (Fsp3) is 0. The van der Waals surface area contributed by atoms with Crippen molar-refractivity contribution in [3.05, 3.63) is 30.3 Å². The summed E-state index contributed by atoms with van der Waals surface area (Å²) < 4.78 is 1.07. The normalized spacial score (nSPS) is 10.1. The molecule has 0 bridgehead atoms. The van der Waals surface area contributed by atoms with Crippen LogP contribution in [0.25, 0.3) is 0 Å². The number of benzene rings is 1. The predicted octanol–water partition coefficient (Wildman–Crippen LogP) is 1.86. The van der Waals surface area contributed by atoms with Crippen LogP contribution in [0, 0.1) is 0 Å². The summed E-state index contributed by atoms with van der Waals surface area (Å²) >= 11 is -1.47. The van der Waals surface area contributed by atoms with Crippen LogP contribution in [0.2, 0.25) is 0 Å². The monoisotopic (exact) mass is 227 g/mol. The van der Waals surface area contributed by atoms with Crippen molar-refractivity contribution in [3.8, 4) is 0 Å². The van der Waals surface area contributed by atoms with Crippen molar-refractivity contribution < 1.29 is 0 Å². The van der Waals surface area contributed by atoms with Gasteiger partial charge in [0.2, 0.25) is 0 Å². The minimum absolute atomic E-state index is 1.07. The molecule has 0 saturated carbocycles. The average Bonchev–Trinajstić information content (AvgIpc) is 1.90. The van der Waals surface area contributed by atoms with E-state index in [-0.39, 0.29) is 0 Å². The summed E-state index contributed by atoms with van der Waals surface area (Å²) in [5.74, 6) is 0. The van der Waals surface area contributed by atoms with Gasteiger partial charge in [-0.3, -0.25) is 0 Å². The van der Waals surface area contributed by atoms with Crippen molar-refractivity contribution in [3.63, 3.8) is 0 Å². The molecule has 0 aliphatic heterocycles. The van der Waals surface area contributed by atoms with Crippen molar-refractivity contribution in [1.29, 1.82) is 0 Å². The van der Waals surface area contributed by atoms with E-state index in [1.54, 1.807) is 0 Å². The van der Waals surface area contributed by atoms with Crippen molar-refractivity contribution in [2.75, 3.05) is 0 Å². The third kappa shape index (κ3) is 2.19. The molecule has 0 aliphatic carbocycles. The Morgan fingerprint density at radius 1 is 1.00 bits per heavy atom. The average molecular weight is 227 g/mol. The molecule has 0 heterocycles. The molecule has 0 nitrogen and oxygen atoms in total. The van der Waals surface area contributed by atoms with Crippen LogP contribution in [-0.2, 0) is 0 Å². The molecule has 0 unspecified atom stereocenters. The van der Waals surface area contributed by atoms with Crippen molar-refractivity contribution >= 4 is 36.7 Å². The van der Waals surface area contributed by atoms with Crippen LogP contribution in [0.15, 0.2) is 30.3 Å². The molecule has 0 fully saturated rings. The van der Waals surface area contributed by atoms with E-state index in [0.717, 1.165) is 4.46 Å². The second kappa shape index (κ2) is 3.48. The third-order valence-electron chi connectivity index (χ3n) is 0.921. The Morgan fingerprint density at radius 3 is 1.89 bits per heavy atom. The summed E-state index contributed by atoms with van der Waals surface area (Å²) in [7, 11) is 11.4. The van der Waals surface area contributed by atoms with Crippen LogP contribution < -0.4 is 4.46 Å². The van der Waals surface area contributed by atoms with Crippen LogP contribution in [0.4, 0.5) is 0 Å². The van der Waals surface area contributed by atoms with Crippen LogP contribution in [0.3, 0.4) is 0 Å². The van der Waals surface area contributed by atoms with Gasteiger partial charge in [0.25, 0.3) is 0 Å². The van der Waals surface area contributed by atoms with Crippen molar-refractivity contribution in [2.24, 2.45) is 0 Å². The Balaban J connectivity index is 2.85. The SMILES string of the molecule is Cl[Se+](Cl)c1ccccc1. The first-order chi connectivity index (χ1) is 4.30. The molecule has 0 spiro atoms. The Bertz CT molecular complexity index is 174. The van der Waals surface area contributed by atoms with Crippen LogP contribution in [0.5, 0.6) is 0 Å². The van der Waals surface area contributed by atoms with Gasteiger partial charge in [-0.25, -0.2) is 0 Å². The molecule has 0 N–H and O–H groups in total. The molecular formula is C6H5Cl2Se+. The molecule has 0 saturated heterocycles. The van der Waals surface area contributed by atoms with Crippen LogP contribution in [-0.4, -0.2) is 12.1 Å². The molecule has 1 aromatic carbocycles. The van der Waals surface area contributed by atoms with E-state index in [2.05, 4.69) is 0 Å². The van der Waals surface area contributed by atoms with Crippen molar-refractivity contribution in [2.45, 2.75) is 0 Å². The molecule has 0 amide bonds. The number of hydrogen-bond donors (Lipinski definition) is 0. The number of rotatable bonds is 1. The Morgan fingerprint density at radius 2 is 1.56 bits per heavy atom. The van der Waals surface area contributed by atoms with Gasteiger partial charge in [0.05, 0.1) is 0 Å². The van der Waals surface area contributed by atoms with E-state index in [9.17, 15) is 0 Å². The zero-order chi connectivity index (χ0) is 6.69. The molecular weight excluding hydrogens is 222 g/mol. The van der Waals surface area contributed by atoms with Crippen LogP contribution >= 0.6 is 20.2 Å². The molecule has 0 radical (unpaired) electrons. The minimum atomic E-state index is -1.47. The quantitative estimate of drug-likeness (QED) is 0.642. The summed E-state index contributed by atoms with van der Waals surface area (Å²) in [4.78, 5) is 0. The zero-order valence-electron chi connectivity index (χ0n) is 4.55. The summed E-state index contributed by atoms with van der Waals surface area (Å²) in [6.45, 7) is 0. The molecule has 9 heavy (non-hydrogen) atoms. The first kappa shape index (κ1) is 7.43. The maximum atomic E-state index is 5.69. The molecule has 3 heteroatoms. The van der Waals surface area contributed by atoms with E-state index >= 15 is 0 Å². The topological polar surface area (TPSA) is 0 Å². The van der Waals surface area contributed by atoms with Gasteiger partial charge in [0, 0.05) is 0 Å². The molecule has 0 aliphatic rings. The standard InChI is InChI=1S/C6H5Cl2Se/c7-9(8)6-4-2-1-3-5-6/h1-5H/q+1. The zero-order valence-corrected chi connectivity index (χ0v) is 7.78. The van der Waals surface area contributed by atoms with Gasteiger partial charge in [0.1, 0.15) is 0 Å². The second-order valence-electron chi connectivity index (χ2n) is 1.53. The van der Waals surface area contributed by atoms with E-state index in [0.29, 0.717) is 0 Å². The van der Waals surface area contributed by atoms with Gasteiger partial charge in [-0.15, -0.1) is 0 Å². The summed E-state index contributed by atoms with van der Waals surface area (Å²) in [5.41, 5.74) is 0. The summed E-state index contributed by atoms with van der Waals surface area (Å²) in [6, 6.07) is 9.73. The number of hydrogen-bond acceptors (Lipinski definition) is 0. The van der Waals surface area contributed by atoms with Crippen molar-refractivity contribution in [1.82, 2.24) is 0 Å². The molecule has 0 atom stereocenters. The molecule has 1 rings (SSSR count). The Kier molecular flexibility index (Phi) is 2.87. The maximum absolute atomic E-state index is 5.69. The fourth-order valence-corrected chi connectivity index (χ4v) is 2.35. The summed E-state index contributed by atoms with van der Waals surface area (Å²) in [6.07, 6.45) is 0. The molecule has 48 valence electrons. The van der Waals surface area contributed by atoms with Gasteiger partial charge >= 0.3 is 67.1 Å². The van der Waals surface area contributed by atoms with Gasteiger partial charge < -0.3 is 0 Å². The van der Waals surface area contributed by atoms with Gasteiger partial charge in [-0.1, -0.05) is 0 Å². The first-order valence-corrected chi connectivity index (χ1v) is 7.78. The fourth-order valence-electron chi connectivity index (χ4n) is 0.523. The second-order valence-corrected chi connectivity index (χ2v) is 7.43. The van der Waals surface area contributed by atoms with E-state index in [1.165, 1.54) is 0 Å². The Labute approximate surface area is 67.1 Å².